The average Bonchev–Trinajstić information content (AvgIpc) is 3.03. The Labute approximate surface area is 109 Å². The Morgan fingerprint density at radius 2 is 2.22 bits per heavy atom. The predicted molar refractivity (Wildman–Crippen MR) is 71.6 cm³/mol. The number of oxazole rings is 1. The van der Waals surface area contributed by atoms with E-state index in [9.17, 15) is 0 Å². The maximum atomic E-state index is 5.64. The number of hydrogen-bond acceptors (Lipinski definition) is 4. The second kappa shape index (κ2) is 5.27. The Morgan fingerprint density at radius 3 is 3.06 bits per heavy atom. The topological polar surface area (TPSA) is 54.7 Å². The first-order valence-electron chi connectivity index (χ1n) is 5.88. The quantitative estimate of drug-likeness (QED) is 0.564. The zero-order valence-corrected chi connectivity index (χ0v) is 10.6. The van der Waals surface area contributed by atoms with Crippen LogP contribution in [0.2, 0.25) is 0 Å². The van der Waals surface area contributed by atoms with Crippen molar-refractivity contribution in [2.24, 2.45) is 0 Å². The molecule has 1 N–H and O–H groups in total. The van der Waals surface area contributed by atoms with Crippen LogP contribution in [-0.2, 0) is 6.42 Å². The van der Waals surface area contributed by atoms with Crippen molar-refractivity contribution in [2.45, 2.75) is 18.1 Å². The first kappa shape index (κ1) is 11.3. The molecule has 0 saturated heterocycles. The maximum Gasteiger partial charge on any atom is 0.256 e. The second-order valence-electron chi connectivity index (χ2n) is 4.01. The molecule has 0 aliphatic heterocycles. The van der Waals surface area contributed by atoms with Crippen LogP contribution in [0.1, 0.15) is 12.0 Å². The van der Waals surface area contributed by atoms with Gasteiger partial charge in [-0.2, -0.15) is 5.10 Å². The molecule has 2 heterocycles. The number of aromatic amines is 1. The minimum atomic E-state index is 0.753. The highest BCUT2D eigenvalue weighted by molar-refractivity contribution is 7.99. The van der Waals surface area contributed by atoms with Gasteiger partial charge in [0.05, 0.1) is 6.20 Å². The summed E-state index contributed by atoms with van der Waals surface area (Å²) in [5.41, 5.74) is 3.03. The van der Waals surface area contributed by atoms with E-state index in [1.54, 1.807) is 11.8 Å². The largest absolute Gasteiger partial charge is 0.431 e. The number of hydrogen-bond donors (Lipinski definition) is 1. The molecule has 5 heteroatoms. The SMILES string of the molecule is c1ccc2oc(SCCCc3cn[nH]c3)nc2c1. The smallest absolute Gasteiger partial charge is 0.256 e. The predicted octanol–water partition coefficient (Wildman–Crippen LogP) is 3.28. The minimum Gasteiger partial charge on any atom is -0.431 e. The van der Waals surface area contributed by atoms with E-state index in [1.165, 1.54) is 5.56 Å². The van der Waals surface area contributed by atoms with Gasteiger partial charge in [-0.25, -0.2) is 4.98 Å². The fourth-order valence-corrected chi connectivity index (χ4v) is 2.54. The lowest BCUT2D eigenvalue weighted by molar-refractivity contribution is 0.489. The summed E-state index contributed by atoms with van der Waals surface area (Å²) in [5.74, 6) is 0.998. The van der Waals surface area contributed by atoms with Crippen LogP contribution in [0.3, 0.4) is 0 Å². The van der Waals surface area contributed by atoms with Gasteiger partial charge in [0, 0.05) is 11.9 Å². The van der Waals surface area contributed by atoms with E-state index in [2.05, 4.69) is 15.2 Å². The lowest BCUT2D eigenvalue weighted by Gasteiger charge is -1.95. The summed E-state index contributed by atoms with van der Waals surface area (Å²) in [7, 11) is 0. The van der Waals surface area contributed by atoms with Gasteiger partial charge in [-0.3, -0.25) is 5.10 Å². The van der Waals surface area contributed by atoms with Gasteiger partial charge in [-0.15, -0.1) is 0 Å². The lowest BCUT2D eigenvalue weighted by atomic mass is 10.2. The van der Waals surface area contributed by atoms with Crippen LogP contribution in [0, 0.1) is 0 Å². The number of benzene rings is 1. The van der Waals surface area contributed by atoms with Crippen molar-refractivity contribution >= 4 is 22.9 Å². The summed E-state index contributed by atoms with van der Waals surface area (Å²) in [6.07, 6.45) is 5.92. The molecule has 0 atom stereocenters. The van der Waals surface area contributed by atoms with Gasteiger partial charge in [0.25, 0.3) is 5.22 Å². The van der Waals surface area contributed by atoms with Crippen LogP contribution < -0.4 is 0 Å². The highest BCUT2D eigenvalue weighted by atomic mass is 32.2. The van der Waals surface area contributed by atoms with Crippen molar-refractivity contribution in [2.75, 3.05) is 5.75 Å². The molecule has 0 spiro atoms. The molecule has 2 aromatic heterocycles. The lowest BCUT2D eigenvalue weighted by Crippen LogP contribution is -1.85. The number of para-hydroxylation sites is 2. The zero-order chi connectivity index (χ0) is 12.2. The molecular weight excluding hydrogens is 246 g/mol. The summed E-state index contributed by atoms with van der Waals surface area (Å²) in [6.45, 7) is 0. The zero-order valence-electron chi connectivity index (χ0n) is 9.80. The van der Waals surface area contributed by atoms with Crippen molar-refractivity contribution in [1.82, 2.24) is 15.2 Å². The number of thioether (sulfide) groups is 1. The summed E-state index contributed by atoms with van der Waals surface area (Å²) in [5, 5.41) is 7.50. The second-order valence-corrected chi connectivity index (χ2v) is 5.05. The third-order valence-corrected chi connectivity index (χ3v) is 3.58. The standard InChI is InChI=1S/C13H13N3OS/c1-2-6-12-11(5-1)16-13(17-12)18-7-3-4-10-8-14-15-9-10/h1-2,5-6,8-9H,3-4,7H2,(H,14,15). The molecule has 0 radical (unpaired) electrons. The van der Waals surface area contributed by atoms with E-state index in [0.29, 0.717) is 0 Å². The maximum absolute atomic E-state index is 5.64. The van der Waals surface area contributed by atoms with Gasteiger partial charge < -0.3 is 4.42 Å². The van der Waals surface area contributed by atoms with Gasteiger partial charge in [0.1, 0.15) is 5.52 Å². The highest BCUT2D eigenvalue weighted by Crippen LogP contribution is 2.23. The summed E-state index contributed by atoms with van der Waals surface area (Å²) < 4.78 is 5.64. The van der Waals surface area contributed by atoms with Crippen molar-refractivity contribution in [3.05, 3.63) is 42.2 Å². The van der Waals surface area contributed by atoms with E-state index in [4.69, 9.17) is 4.42 Å². The van der Waals surface area contributed by atoms with Crippen LogP contribution in [0.15, 0.2) is 46.3 Å². The van der Waals surface area contributed by atoms with Crippen LogP contribution in [0.4, 0.5) is 0 Å². The molecule has 0 fully saturated rings. The first-order valence-corrected chi connectivity index (χ1v) is 6.86. The molecule has 0 aliphatic carbocycles. The van der Waals surface area contributed by atoms with Crippen LogP contribution >= 0.6 is 11.8 Å². The van der Waals surface area contributed by atoms with Gasteiger partial charge in [-0.05, 0) is 30.5 Å². The number of fused-ring (bicyclic) bond motifs is 1. The van der Waals surface area contributed by atoms with Crippen LogP contribution in [0.5, 0.6) is 0 Å². The monoisotopic (exact) mass is 259 g/mol. The first-order chi connectivity index (χ1) is 8.92. The fraction of sp³-hybridized carbons (Fsp3) is 0.231. The summed E-state index contributed by atoms with van der Waals surface area (Å²) in [4.78, 5) is 4.43. The van der Waals surface area contributed by atoms with Crippen molar-refractivity contribution in [3.63, 3.8) is 0 Å². The molecule has 0 amide bonds. The molecule has 0 aliphatic rings. The number of aromatic nitrogens is 3. The molecule has 0 unspecified atom stereocenters. The Hall–Kier alpha value is -1.75. The van der Waals surface area contributed by atoms with Crippen molar-refractivity contribution in [3.8, 4) is 0 Å². The number of H-pyrrole nitrogens is 1. The Morgan fingerprint density at radius 1 is 1.28 bits per heavy atom. The molecule has 0 saturated carbocycles. The number of aryl methyl sites for hydroxylation is 1. The summed E-state index contributed by atoms with van der Waals surface area (Å²) >= 11 is 1.66. The van der Waals surface area contributed by atoms with Crippen LogP contribution in [0.25, 0.3) is 11.1 Å². The minimum absolute atomic E-state index is 0.753. The van der Waals surface area contributed by atoms with E-state index in [-0.39, 0.29) is 0 Å². The molecule has 3 aromatic rings. The molecule has 1 aromatic carbocycles. The van der Waals surface area contributed by atoms with E-state index < -0.39 is 0 Å². The number of rotatable bonds is 5. The summed E-state index contributed by atoms with van der Waals surface area (Å²) in [6, 6.07) is 7.84. The van der Waals surface area contributed by atoms with Gasteiger partial charge in [-0.1, -0.05) is 23.9 Å². The molecule has 3 rings (SSSR count). The van der Waals surface area contributed by atoms with Gasteiger partial charge in [0.2, 0.25) is 0 Å². The third-order valence-electron chi connectivity index (χ3n) is 2.66. The Balaban J connectivity index is 1.53. The van der Waals surface area contributed by atoms with Crippen molar-refractivity contribution in [1.29, 1.82) is 0 Å². The van der Waals surface area contributed by atoms with E-state index in [0.717, 1.165) is 34.9 Å². The molecule has 92 valence electrons. The van der Waals surface area contributed by atoms with Crippen LogP contribution in [-0.4, -0.2) is 20.9 Å². The number of nitrogens with one attached hydrogen (secondary N) is 1. The molecular formula is C13H13N3OS. The van der Waals surface area contributed by atoms with Gasteiger partial charge >= 0.3 is 0 Å². The molecule has 18 heavy (non-hydrogen) atoms. The fourth-order valence-electron chi connectivity index (χ4n) is 1.76. The van der Waals surface area contributed by atoms with E-state index >= 15 is 0 Å². The van der Waals surface area contributed by atoms with Crippen molar-refractivity contribution < 1.29 is 4.42 Å². The number of nitrogens with zero attached hydrogens (tertiary/aromatic N) is 2. The molecule has 4 nitrogen and oxygen atoms in total. The normalized spacial score (nSPS) is 11.1. The Bertz CT molecular complexity index is 585. The Kier molecular flexibility index (Phi) is 3.32. The highest BCUT2D eigenvalue weighted by Gasteiger charge is 2.05. The molecule has 0 bridgehead atoms. The third kappa shape index (κ3) is 2.56. The average molecular weight is 259 g/mol. The van der Waals surface area contributed by atoms with Gasteiger partial charge in [0.15, 0.2) is 5.58 Å². The van der Waals surface area contributed by atoms with E-state index in [1.807, 2.05) is 36.7 Å².